The lowest BCUT2D eigenvalue weighted by Crippen LogP contribution is -2.35. The number of hydrogen-bond acceptors (Lipinski definition) is 5. The van der Waals surface area contributed by atoms with Gasteiger partial charge in [-0.2, -0.15) is 15.4 Å². The molecule has 0 spiro atoms. The van der Waals surface area contributed by atoms with E-state index in [1.807, 2.05) is 32.0 Å². The van der Waals surface area contributed by atoms with E-state index >= 15 is 0 Å². The number of aromatic nitrogens is 3. The van der Waals surface area contributed by atoms with Crippen LogP contribution in [0.25, 0.3) is 0 Å². The lowest BCUT2D eigenvalue weighted by atomic mass is 10.00. The second kappa shape index (κ2) is 6.60. The molecule has 2 N–H and O–H groups in total. The van der Waals surface area contributed by atoms with Crippen molar-refractivity contribution in [2.75, 3.05) is 19.7 Å². The number of ether oxygens (including phenoxy) is 1. The Hall–Kier alpha value is -2.41. The Kier molecular flexibility index (Phi) is 4.53. The summed E-state index contributed by atoms with van der Waals surface area (Å²) in [6.07, 6.45) is 2.24. The van der Waals surface area contributed by atoms with E-state index in [0.29, 0.717) is 25.3 Å². The highest BCUT2D eigenvalue weighted by atomic mass is 16.5. The van der Waals surface area contributed by atoms with Crippen LogP contribution in [0.1, 0.15) is 29.7 Å². The van der Waals surface area contributed by atoms with Crippen molar-refractivity contribution in [3.8, 4) is 5.75 Å². The molecule has 0 aliphatic carbocycles. The standard InChI is InChI=1S/C17H22N4O3/c1-12-4-3-5-13(2)16(12)24-9-6-15(22)21-8-7-17(23,11-21)14-10-18-20-19-14/h3-5,10,23H,6-9,11H2,1-2H3,(H,18,19,20). The minimum Gasteiger partial charge on any atom is -0.493 e. The van der Waals surface area contributed by atoms with Crippen molar-refractivity contribution in [1.82, 2.24) is 20.3 Å². The first-order chi connectivity index (χ1) is 11.5. The monoisotopic (exact) mass is 330 g/mol. The molecule has 128 valence electrons. The summed E-state index contributed by atoms with van der Waals surface area (Å²) in [5.74, 6) is 0.812. The molecule has 0 bridgehead atoms. The first-order valence-corrected chi connectivity index (χ1v) is 8.05. The van der Waals surface area contributed by atoms with Crippen LogP contribution >= 0.6 is 0 Å². The Morgan fingerprint density at radius 1 is 1.42 bits per heavy atom. The predicted molar refractivity (Wildman–Crippen MR) is 87.5 cm³/mol. The molecule has 1 saturated heterocycles. The second-order valence-electron chi connectivity index (χ2n) is 6.27. The van der Waals surface area contributed by atoms with Crippen LogP contribution < -0.4 is 4.74 Å². The fourth-order valence-electron chi connectivity index (χ4n) is 3.07. The van der Waals surface area contributed by atoms with Gasteiger partial charge in [0.05, 0.1) is 25.8 Å². The van der Waals surface area contributed by atoms with Crippen LogP contribution in [0.3, 0.4) is 0 Å². The summed E-state index contributed by atoms with van der Waals surface area (Å²) >= 11 is 0. The maximum absolute atomic E-state index is 12.4. The maximum atomic E-state index is 12.4. The zero-order chi connectivity index (χ0) is 17.2. The molecule has 3 rings (SSSR count). The number of benzene rings is 1. The van der Waals surface area contributed by atoms with Gasteiger partial charge in [-0.15, -0.1) is 0 Å². The van der Waals surface area contributed by atoms with E-state index in [-0.39, 0.29) is 18.9 Å². The van der Waals surface area contributed by atoms with E-state index in [1.54, 1.807) is 4.90 Å². The Morgan fingerprint density at radius 3 is 2.83 bits per heavy atom. The molecule has 7 heteroatoms. The highest BCUT2D eigenvalue weighted by Crippen LogP contribution is 2.30. The third-order valence-electron chi connectivity index (χ3n) is 4.46. The maximum Gasteiger partial charge on any atom is 0.226 e. The molecular weight excluding hydrogens is 308 g/mol. The number of aromatic amines is 1. The number of β-amino-alcohol motifs (C(OH)–C–C–N with tert-alkyl or cyclic N) is 1. The topological polar surface area (TPSA) is 91.3 Å². The summed E-state index contributed by atoms with van der Waals surface area (Å²) in [5.41, 5.74) is 1.48. The third kappa shape index (κ3) is 3.26. The molecule has 1 aromatic carbocycles. The molecular formula is C17H22N4O3. The number of hydrogen-bond donors (Lipinski definition) is 2. The lowest BCUT2D eigenvalue weighted by molar-refractivity contribution is -0.131. The summed E-state index contributed by atoms with van der Waals surface area (Å²) < 4.78 is 5.78. The van der Waals surface area contributed by atoms with Gasteiger partial charge < -0.3 is 14.7 Å². The highest BCUT2D eigenvalue weighted by molar-refractivity contribution is 5.76. The summed E-state index contributed by atoms with van der Waals surface area (Å²) in [5, 5.41) is 20.8. The quantitative estimate of drug-likeness (QED) is 0.862. The van der Waals surface area contributed by atoms with E-state index in [4.69, 9.17) is 4.74 Å². The number of aryl methyl sites for hydroxylation is 2. The Bertz CT molecular complexity index is 696. The molecule has 1 unspecified atom stereocenters. The molecule has 7 nitrogen and oxygen atoms in total. The van der Waals surface area contributed by atoms with E-state index in [9.17, 15) is 9.90 Å². The summed E-state index contributed by atoms with van der Waals surface area (Å²) in [6, 6.07) is 5.96. The van der Waals surface area contributed by atoms with Crippen molar-refractivity contribution in [3.63, 3.8) is 0 Å². The largest absolute Gasteiger partial charge is 0.493 e. The molecule has 24 heavy (non-hydrogen) atoms. The number of likely N-dealkylation sites (tertiary alicyclic amines) is 1. The van der Waals surface area contributed by atoms with Crippen molar-refractivity contribution in [2.45, 2.75) is 32.3 Å². The number of amides is 1. The predicted octanol–water partition coefficient (Wildman–Crippen LogP) is 1.31. The summed E-state index contributed by atoms with van der Waals surface area (Å²) in [6.45, 7) is 5.04. The smallest absolute Gasteiger partial charge is 0.226 e. The molecule has 0 radical (unpaired) electrons. The molecule has 1 aliphatic heterocycles. The average molecular weight is 330 g/mol. The zero-order valence-corrected chi connectivity index (χ0v) is 14.0. The number of nitrogens with one attached hydrogen (secondary N) is 1. The van der Waals surface area contributed by atoms with Gasteiger partial charge in [0.2, 0.25) is 5.91 Å². The second-order valence-corrected chi connectivity index (χ2v) is 6.27. The van der Waals surface area contributed by atoms with E-state index in [0.717, 1.165) is 16.9 Å². The van der Waals surface area contributed by atoms with Crippen LogP contribution in [0.15, 0.2) is 24.4 Å². The van der Waals surface area contributed by atoms with Gasteiger partial charge >= 0.3 is 0 Å². The first kappa shape index (κ1) is 16.4. The zero-order valence-electron chi connectivity index (χ0n) is 14.0. The Morgan fingerprint density at radius 2 is 2.17 bits per heavy atom. The fourth-order valence-corrected chi connectivity index (χ4v) is 3.07. The van der Waals surface area contributed by atoms with Gasteiger partial charge in [-0.05, 0) is 25.0 Å². The van der Waals surface area contributed by atoms with Gasteiger partial charge in [-0.3, -0.25) is 4.79 Å². The van der Waals surface area contributed by atoms with Gasteiger partial charge in [0, 0.05) is 13.0 Å². The molecule has 1 amide bonds. The van der Waals surface area contributed by atoms with Gasteiger partial charge in [-0.25, -0.2) is 0 Å². The Balaban J connectivity index is 1.53. The van der Waals surface area contributed by atoms with Gasteiger partial charge in [-0.1, -0.05) is 18.2 Å². The minimum absolute atomic E-state index is 0.0272. The van der Waals surface area contributed by atoms with Crippen LogP contribution in [-0.2, 0) is 10.4 Å². The van der Waals surface area contributed by atoms with Crippen molar-refractivity contribution < 1.29 is 14.6 Å². The van der Waals surface area contributed by atoms with Crippen molar-refractivity contribution in [1.29, 1.82) is 0 Å². The number of para-hydroxylation sites is 1. The third-order valence-corrected chi connectivity index (χ3v) is 4.46. The fraction of sp³-hybridized carbons (Fsp3) is 0.471. The van der Waals surface area contributed by atoms with Crippen molar-refractivity contribution in [2.24, 2.45) is 0 Å². The van der Waals surface area contributed by atoms with Crippen molar-refractivity contribution in [3.05, 3.63) is 41.2 Å². The molecule has 1 aromatic heterocycles. The number of carbonyl (C=O) groups is 1. The number of carbonyl (C=O) groups excluding carboxylic acids is 1. The van der Waals surface area contributed by atoms with E-state index in [1.165, 1.54) is 6.20 Å². The van der Waals surface area contributed by atoms with Crippen LogP contribution in [-0.4, -0.2) is 51.0 Å². The van der Waals surface area contributed by atoms with Crippen LogP contribution in [0.5, 0.6) is 5.75 Å². The molecule has 1 aliphatic rings. The normalized spacial score (nSPS) is 20.4. The number of H-pyrrole nitrogens is 1. The van der Waals surface area contributed by atoms with E-state index < -0.39 is 5.60 Å². The SMILES string of the molecule is Cc1cccc(C)c1OCCC(=O)N1CCC(O)(c2cn[nH]n2)C1. The highest BCUT2D eigenvalue weighted by Gasteiger charge is 2.41. The summed E-state index contributed by atoms with van der Waals surface area (Å²) in [7, 11) is 0. The minimum atomic E-state index is -1.11. The van der Waals surface area contributed by atoms with Gasteiger partial charge in [0.15, 0.2) is 0 Å². The van der Waals surface area contributed by atoms with Crippen LogP contribution in [0.4, 0.5) is 0 Å². The molecule has 1 fully saturated rings. The van der Waals surface area contributed by atoms with Crippen molar-refractivity contribution >= 4 is 5.91 Å². The molecule has 0 saturated carbocycles. The Labute approximate surface area is 140 Å². The van der Waals surface area contributed by atoms with Gasteiger partial charge in [0.25, 0.3) is 0 Å². The number of nitrogens with zero attached hydrogens (tertiary/aromatic N) is 3. The number of aliphatic hydroxyl groups is 1. The molecule has 2 heterocycles. The average Bonchev–Trinajstić information content (AvgIpc) is 3.20. The van der Waals surface area contributed by atoms with Crippen LogP contribution in [0, 0.1) is 13.8 Å². The lowest BCUT2D eigenvalue weighted by Gasteiger charge is -2.21. The molecule has 1 atom stereocenters. The van der Waals surface area contributed by atoms with Gasteiger partial charge in [0.1, 0.15) is 17.0 Å². The number of rotatable bonds is 5. The van der Waals surface area contributed by atoms with E-state index in [2.05, 4.69) is 15.4 Å². The first-order valence-electron chi connectivity index (χ1n) is 8.05. The van der Waals surface area contributed by atoms with Crippen LogP contribution in [0.2, 0.25) is 0 Å². The summed E-state index contributed by atoms with van der Waals surface area (Å²) in [4.78, 5) is 14.0. The molecule has 2 aromatic rings.